The van der Waals surface area contributed by atoms with Crippen LogP contribution in [0.25, 0.3) is 11.4 Å². The number of benzene rings is 1. The van der Waals surface area contributed by atoms with Gasteiger partial charge in [-0.2, -0.15) is 5.10 Å². The molecule has 0 aliphatic rings. The first kappa shape index (κ1) is 17.0. The number of furan rings is 1. The van der Waals surface area contributed by atoms with Crippen molar-refractivity contribution in [3.63, 3.8) is 0 Å². The van der Waals surface area contributed by atoms with Gasteiger partial charge in [-0.3, -0.25) is 9.48 Å². The Kier molecular flexibility index (Phi) is 4.70. The van der Waals surface area contributed by atoms with Gasteiger partial charge in [-0.15, -0.1) is 0 Å². The van der Waals surface area contributed by atoms with Crippen LogP contribution in [0.5, 0.6) is 0 Å². The second-order valence-electron chi connectivity index (χ2n) is 6.36. The molecule has 0 radical (unpaired) electrons. The van der Waals surface area contributed by atoms with Crippen molar-refractivity contribution in [3.8, 4) is 11.4 Å². The van der Waals surface area contributed by atoms with E-state index in [2.05, 4.69) is 10.1 Å². The van der Waals surface area contributed by atoms with Crippen LogP contribution in [0.1, 0.15) is 35.7 Å². The van der Waals surface area contributed by atoms with E-state index in [0.717, 1.165) is 17.1 Å². The Labute approximate surface area is 147 Å². The van der Waals surface area contributed by atoms with Gasteiger partial charge in [0.2, 0.25) is 0 Å². The second kappa shape index (κ2) is 6.93. The van der Waals surface area contributed by atoms with Crippen LogP contribution >= 0.6 is 0 Å². The van der Waals surface area contributed by atoms with E-state index in [1.165, 1.54) is 0 Å². The smallest absolute Gasteiger partial charge is 0.254 e. The van der Waals surface area contributed by atoms with E-state index >= 15 is 0 Å². The van der Waals surface area contributed by atoms with Crippen molar-refractivity contribution in [2.75, 3.05) is 0 Å². The van der Waals surface area contributed by atoms with Gasteiger partial charge < -0.3 is 9.32 Å². The molecule has 2 aromatic heterocycles. The molecule has 0 saturated carbocycles. The van der Waals surface area contributed by atoms with E-state index in [1.54, 1.807) is 15.9 Å². The van der Waals surface area contributed by atoms with Gasteiger partial charge in [0, 0.05) is 24.2 Å². The number of carbonyl (C=O) groups is 1. The lowest BCUT2D eigenvalue weighted by atomic mass is 10.1. The van der Waals surface area contributed by atoms with Crippen LogP contribution in [-0.4, -0.2) is 31.6 Å². The Bertz CT molecular complexity index is 862. The summed E-state index contributed by atoms with van der Waals surface area (Å²) in [5.74, 6) is 2.25. The predicted molar refractivity (Wildman–Crippen MR) is 94.9 cm³/mol. The summed E-state index contributed by atoms with van der Waals surface area (Å²) in [6, 6.07) is 11.3. The van der Waals surface area contributed by atoms with Crippen LogP contribution in [0.2, 0.25) is 0 Å². The number of hydrogen-bond acceptors (Lipinski definition) is 4. The van der Waals surface area contributed by atoms with Crippen molar-refractivity contribution < 1.29 is 9.21 Å². The Balaban J connectivity index is 1.79. The first-order chi connectivity index (χ1) is 11.9. The summed E-state index contributed by atoms with van der Waals surface area (Å²) in [6.07, 6.45) is 1.65. The maximum atomic E-state index is 12.9. The normalized spacial score (nSPS) is 11.1. The quantitative estimate of drug-likeness (QED) is 0.715. The Morgan fingerprint density at radius 3 is 2.44 bits per heavy atom. The Morgan fingerprint density at radius 2 is 1.92 bits per heavy atom. The number of rotatable bonds is 5. The highest BCUT2D eigenvalue weighted by molar-refractivity contribution is 5.94. The zero-order valence-corrected chi connectivity index (χ0v) is 14.9. The van der Waals surface area contributed by atoms with Crippen molar-refractivity contribution in [1.29, 1.82) is 0 Å². The van der Waals surface area contributed by atoms with Crippen molar-refractivity contribution >= 4 is 5.91 Å². The molecule has 0 N–H and O–H groups in total. The maximum absolute atomic E-state index is 12.9. The molecule has 0 bridgehead atoms. The standard InChI is InChI=1S/C19H22N4O2/c1-13(2)23(11-17-10-5-14(3)25-17)19(24)16-8-6-15(7-9-16)18-20-12-22(4)21-18/h5-10,12-13H,11H2,1-4H3. The van der Waals surface area contributed by atoms with Crippen molar-refractivity contribution in [2.45, 2.75) is 33.4 Å². The van der Waals surface area contributed by atoms with Crippen molar-refractivity contribution in [3.05, 3.63) is 59.8 Å². The molecule has 6 heteroatoms. The average molecular weight is 338 g/mol. The van der Waals surface area contributed by atoms with Crippen LogP contribution in [0.15, 0.2) is 47.1 Å². The van der Waals surface area contributed by atoms with Gasteiger partial charge in [-0.1, -0.05) is 12.1 Å². The number of amides is 1. The number of nitrogens with zero attached hydrogens (tertiary/aromatic N) is 4. The lowest BCUT2D eigenvalue weighted by Gasteiger charge is -2.26. The SMILES string of the molecule is Cc1ccc(CN(C(=O)c2ccc(-c3ncn(C)n3)cc2)C(C)C)o1. The molecule has 130 valence electrons. The molecule has 0 saturated heterocycles. The summed E-state index contributed by atoms with van der Waals surface area (Å²) < 4.78 is 7.27. The zero-order chi connectivity index (χ0) is 18.0. The fourth-order valence-corrected chi connectivity index (χ4v) is 2.63. The van der Waals surface area contributed by atoms with E-state index in [0.29, 0.717) is 17.9 Å². The number of aromatic nitrogens is 3. The van der Waals surface area contributed by atoms with E-state index in [-0.39, 0.29) is 11.9 Å². The molecule has 0 unspecified atom stereocenters. The summed E-state index contributed by atoms with van der Waals surface area (Å²) >= 11 is 0. The summed E-state index contributed by atoms with van der Waals surface area (Å²) in [5.41, 5.74) is 1.52. The fraction of sp³-hybridized carbons (Fsp3) is 0.316. The minimum Gasteiger partial charge on any atom is -0.464 e. The molecule has 0 aliphatic heterocycles. The summed E-state index contributed by atoms with van der Waals surface area (Å²) in [7, 11) is 1.82. The third-order valence-corrected chi connectivity index (χ3v) is 4.00. The lowest BCUT2D eigenvalue weighted by molar-refractivity contribution is 0.0675. The zero-order valence-electron chi connectivity index (χ0n) is 14.9. The molecule has 3 rings (SSSR count). The molecule has 3 aromatic rings. The fourth-order valence-electron chi connectivity index (χ4n) is 2.63. The van der Waals surface area contributed by atoms with Gasteiger partial charge in [-0.25, -0.2) is 4.98 Å². The highest BCUT2D eigenvalue weighted by atomic mass is 16.3. The van der Waals surface area contributed by atoms with E-state index in [1.807, 2.05) is 64.2 Å². The first-order valence-electron chi connectivity index (χ1n) is 8.26. The lowest BCUT2D eigenvalue weighted by Crippen LogP contribution is -2.36. The predicted octanol–water partition coefficient (Wildman–Crippen LogP) is 3.43. The van der Waals surface area contributed by atoms with Crippen LogP contribution in [-0.2, 0) is 13.6 Å². The molecule has 0 spiro atoms. The molecule has 2 heterocycles. The second-order valence-corrected chi connectivity index (χ2v) is 6.36. The van der Waals surface area contributed by atoms with Gasteiger partial charge in [0.25, 0.3) is 5.91 Å². The topological polar surface area (TPSA) is 64.2 Å². The molecule has 0 atom stereocenters. The van der Waals surface area contributed by atoms with Crippen molar-refractivity contribution in [1.82, 2.24) is 19.7 Å². The minimum absolute atomic E-state index is 0.0235. The number of aryl methyl sites for hydroxylation is 2. The summed E-state index contributed by atoms with van der Waals surface area (Å²) in [4.78, 5) is 18.9. The number of hydrogen-bond donors (Lipinski definition) is 0. The van der Waals surface area contributed by atoms with Gasteiger partial charge in [0.15, 0.2) is 5.82 Å². The summed E-state index contributed by atoms with van der Waals surface area (Å²) in [5, 5.41) is 4.27. The van der Waals surface area contributed by atoms with Gasteiger partial charge in [-0.05, 0) is 45.0 Å². The number of carbonyl (C=O) groups excluding carboxylic acids is 1. The molecule has 1 amide bonds. The molecule has 0 fully saturated rings. The Hall–Kier alpha value is -2.89. The van der Waals surface area contributed by atoms with Crippen LogP contribution < -0.4 is 0 Å². The monoisotopic (exact) mass is 338 g/mol. The first-order valence-corrected chi connectivity index (χ1v) is 8.26. The van der Waals surface area contributed by atoms with E-state index in [4.69, 9.17) is 4.42 Å². The largest absolute Gasteiger partial charge is 0.464 e. The molecule has 1 aromatic carbocycles. The van der Waals surface area contributed by atoms with Gasteiger partial charge in [0.1, 0.15) is 17.8 Å². The molecular formula is C19H22N4O2. The van der Waals surface area contributed by atoms with E-state index < -0.39 is 0 Å². The highest BCUT2D eigenvalue weighted by Gasteiger charge is 2.20. The highest BCUT2D eigenvalue weighted by Crippen LogP contribution is 2.19. The van der Waals surface area contributed by atoms with Gasteiger partial charge in [0.05, 0.1) is 6.54 Å². The summed E-state index contributed by atoms with van der Waals surface area (Å²) in [6.45, 7) is 6.35. The molecule has 6 nitrogen and oxygen atoms in total. The average Bonchev–Trinajstić information content (AvgIpc) is 3.20. The Morgan fingerprint density at radius 1 is 1.20 bits per heavy atom. The van der Waals surface area contributed by atoms with Crippen LogP contribution in [0, 0.1) is 6.92 Å². The van der Waals surface area contributed by atoms with Crippen LogP contribution in [0.4, 0.5) is 0 Å². The van der Waals surface area contributed by atoms with Gasteiger partial charge >= 0.3 is 0 Å². The molecule has 25 heavy (non-hydrogen) atoms. The maximum Gasteiger partial charge on any atom is 0.254 e. The molecular weight excluding hydrogens is 316 g/mol. The minimum atomic E-state index is -0.0235. The third kappa shape index (κ3) is 3.79. The van der Waals surface area contributed by atoms with Crippen LogP contribution in [0.3, 0.4) is 0 Å². The van der Waals surface area contributed by atoms with Crippen molar-refractivity contribution in [2.24, 2.45) is 7.05 Å². The molecule has 0 aliphatic carbocycles. The third-order valence-electron chi connectivity index (χ3n) is 4.00. The van der Waals surface area contributed by atoms with E-state index in [9.17, 15) is 4.79 Å².